The summed E-state index contributed by atoms with van der Waals surface area (Å²) >= 11 is 0. The summed E-state index contributed by atoms with van der Waals surface area (Å²) in [6, 6.07) is 14.2. The Labute approximate surface area is 123 Å². The minimum Gasteiger partial charge on any atom is -0.426 e. The maximum Gasteiger partial charge on any atom is 0.308 e. The van der Waals surface area contributed by atoms with Gasteiger partial charge in [-0.3, -0.25) is 4.79 Å². The van der Waals surface area contributed by atoms with E-state index in [9.17, 15) is 4.79 Å². The normalized spacial score (nSPS) is 11.0. The molecule has 2 N–H and O–H groups in total. The first kappa shape index (κ1) is 15.2. The van der Waals surface area contributed by atoms with Gasteiger partial charge in [-0.05, 0) is 22.8 Å². The van der Waals surface area contributed by atoms with E-state index in [4.69, 9.17) is 14.9 Å². The van der Waals surface area contributed by atoms with Crippen molar-refractivity contribution < 1.29 is 19.7 Å². The highest BCUT2D eigenvalue weighted by atomic mass is 16.5. The zero-order chi connectivity index (χ0) is 15.2. The number of ether oxygens (including phenoxy) is 1. The standard InChI is InChI=1S/C15H12O2.C2H6O2/c1-10(16)17-15-8-4-7-13-12-6-3-2-5-11(12)9-14(13)15;3-1-2-4/h2-8H,9H2,1H3;3-4H,1-2H2. The Morgan fingerprint density at radius 3 is 2.38 bits per heavy atom. The number of aliphatic hydroxyl groups excluding tert-OH is 2. The summed E-state index contributed by atoms with van der Waals surface area (Å²) in [7, 11) is 0. The average Bonchev–Trinajstić information content (AvgIpc) is 2.87. The van der Waals surface area contributed by atoms with Crippen LogP contribution in [0.15, 0.2) is 42.5 Å². The summed E-state index contributed by atoms with van der Waals surface area (Å²) < 4.78 is 5.25. The van der Waals surface area contributed by atoms with Gasteiger partial charge in [-0.25, -0.2) is 0 Å². The van der Waals surface area contributed by atoms with Crippen LogP contribution in [-0.2, 0) is 11.2 Å². The molecule has 0 unspecified atom stereocenters. The number of esters is 1. The number of benzene rings is 2. The molecule has 0 saturated heterocycles. The van der Waals surface area contributed by atoms with Crippen LogP contribution < -0.4 is 4.74 Å². The molecule has 0 heterocycles. The molecule has 0 fully saturated rings. The van der Waals surface area contributed by atoms with Gasteiger partial charge in [-0.1, -0.05) is 36.4 Å². The fourth-order valence-corrected chi connectivity index (χ4v) is 2.38. The van der Waals surface area contributed by atoms with Gasteiger partial charge in [-0.15, -0.1) is 0 Å². The van der Waals surface area contributed by atoms with Gasteiger partial charge in [0.05, 0.1) is 13.2 Å². The quantitative estimate of drug-likeness (QED) is 0.559. The highest BCUT2D eigenvalue weighted by Crippen LogP contribution is 2.40. The smallest absolute Gasteiger partial charge is 0.308 e. The molecule has 110 valence electrons. The van der Waals surface area contributed by atoms with Gasteiger partial charge >= 0.3 is 5.97 Å². The van der Waals surface area contributed by atoms with E-state index in [2.05, 4.69) is 18.2 Å². The number of fused-ring (bicyclic) bond motifs is 3. The molecule has 0 radical (unpaired) electrons. The van der Waals surface area contributed by atoms with Crippen molar-refractivity contribution in [3.8, 4) is 16.9 Å². The molecule has 21 heavy (non-hydrogen) atoms. The zero-order valence-electron chi connectivity index (χ0n) is 11.9. The first-order valence-corrected chi connectivity index (χ1v) is 6.77. The van der Waals surface area contributed by atoms with Crippen LogP contribution in [0, 0.1) is 0 Å². The average molecular weight is 286 g/mol. The van der Waals surface area contributed by atoms with E-state index in [-0.39, 0.29) is 19.2 Å². The van der Waals surface area contributed by atoms with E-state index in [0.29, 0.717) is 5.75 Å². The zero-order valence-corrected chi connectivity index (χ0v) is 11.9. The minimum absolute atomic E-state index is 0.125. The highest BCUT2D eigenvalue weighted by molar-refractivity contribution is 5.80. The van der Waals surface area contributed by atoms with Crippen molar-refractivity contribution in [3.63, 3.8) is 0 Å². The molecular formula is C17H18O4. The molecule has 0 aliphatic heterocycles. The van der Waals surface area contributed by atoms with Gasteiger partial charge in [-0.2, -0.15) is 0 Å². The fourth-order valence-electron chi connectivity index (χ4n) is 2.38. The summed E-state index contributed by atoms with van der Waals surface area (Å²) in [4.78, 5) is 11.1. The molecule has 1 aliphatic carbocycles. The van der Waals surface area contributed by atoms with Crippen LogP contribution in [0.5, 0.6) is 5.75 Å². The van der Waals surface area contributed by atoms with Crippen LogP contribution in [0.1, 0.15) is 18.1 Å². The van der Waals surface area contributed by atoms with Gasteiger partial charge in [0.15, 0.2) is 0 Å². The van der Waals surface area contributed by atoms with Crippen molar-refractivity contribution in [2.24, 2.45) is 0 Å². The lowest BCUT2D eigenvalue weighted by atomic mass is 10.1. The second kappa shape index (κ2) is 7.02. The van der Waals surface area contributed by atoms with Crippen molar-refractivity contribution in [2.75, 3.05) is 13.2 Å². The minimum atomic E-state index is -0.269. The fraction of sp³-hybridized carbons (Fsp3) is 0.235. The molecule has 0 amide bonds. The lowest BCUT2D eigenvalue weighted by molar-refractivity contribution is -0.131. The number of hydrogen-bond donors (Lipinski definition) is 2. The molecular weight excluding hydrogens is 268 g/mol. The third-order valence-electron chi connectivity index (χ3n) is 3.16. The molecule has 1 aliphatic rings. The van der Waals surface area contributed by atoms with Gasteiger partial charge in [0.1, 0.15) is 5.75 Å². The van der Waals surface area contributed by atoms with Crippen LogP contribution in [0.25, 0.3) is 11.1 Å². The Hall–Kier alpha value is -2.17. The molecule has 0 atom stereocenters. The molecule has 0 spiro atoms. The Morgan fingerprint density at radius 1 is 1.05 bits per heavy atom. The second-order valence-electron chi connectivity index (χ2n) is 4.66. The van der Waals surface area contributed by atoms with Crippen LogP contribution >= 0.6 is 0 Å². The number of hydrogen-bond acceptors (Lipinski definition) is 4. The Kier molecular flexibility index (Phi) is 5.09. The van der Waals surface area contributed by atoms with Gasteiger partial charge < -0.3 is 14.9 Å². The molecule has 4 nitrogen and oxygen atoms in total. The Morgan fingerprint density at radius 2 is 1.71 bits per heavy atom. The third kappa shape index (κ3) is 3.48. The summed E-state index contributed by atoms with van der Waals surface area (Å²) in [5.74, 6) is 0.417. The van der Waals surface area contributed by atoms with Crippen molar-refractivity contribution in [1.82, 2.24) is 0 Å². The highest BCUT2D eigenvalue weighted by Gasteiger charge is 2.21. The summed E-state index contributed by atoms with van der Waals surface area (Å²) in [5, 5.41) is 15.2. The predicted molar refractivity (Wildman–Crippen MR) is 80.2 cm³/mol. The predicted octanol–water partition coefficient (Wildman–Crippen LogP) is 2.15. The lowest BCUT2D eigenvalue weighted by Crippen LogP contribution is -2.03. The first-order chi connectivity index (χ1) is 10.2. The van der Waals surface area contributed by atoms with Crippen molar-refractivity contribution >= 4 is 5.97 Å². The molecule has 0 bridgehead atoms. The maximum atomic E-state index is 11.1. The van der Waals surface area contributed by atoms with E-state index in [1.54, 1.807) is 0 Å². The van der Waals surface area contributed by atoms with Crippen LogP contribution in [0.3, 0.4) is 0 Å². The Bertz CT molecular complexity index is 632. The van der Waals surface area contributed by atoms with Gasteiger partial charge in [0, 0.05) is 18.9 Å². The van der Waals surface area contributed by atoms with Crippen molar-refractivity contribution in [2.45, 2.75) is 13.3 Å². The van der Waals surface area contributed by atoms with Gasteiger partial charge in [0.25, 0.3) is 0 Å². The lowest BCUT2D eigenvalue weighted by Gasteiger charge is -2.07. The van der Waals surface area contributed by atoms with E-state index in [1.165, 1.54) is 23.6 Å². The topological polar surface area (TPSA) is 66.8 Å². The molecule has 0 aromatic heterocycles. The summed E-state index contributed by atoms with van der Waals surface area (Å²) in [6.07, 6.45) is 0.842. The van der Waals surface area contributed by atoms with Gasteiger partial charge in [0.2, 0.25) is 0 Å². The molecule has 2 aromatic rings. The second-order valence-corrected chi connectivity index (χ2v) is 4.66. The van der Waals surface area contributed by atoms with Crippen molar-refractivity contribution in [3.05, 3.63) is 53.6 Å². The SMILES string of the molecule is CC(=O)Oc1cccc2c1Cc1ccccc1-2.OCCO. The van der Waals surface area contributed by atoms with Crippen LogP contribution in [0.4, 0.5) is 0 Å². The number of aliphatic hydroxyl groups is 2. The number of carbonyl (C=O) groups excluding carboxylic acids is 1. The largest absolute Gasteiger partial charge is 0.426 e. The first-order valence-electron chi connectivity index (χ1n) is 6.77. The van der Waals surface area contributed by atoms with Crippen LogP contribution in [-0.4, -0.2) is 29.4 Å². The van der Waals surface area contributed by atoms with E-state index < -0.39 is 0 Å². The molecule has 4 heteroatoms. The molecule has 2 aromatic carbocycles. The maximum absolute atomic E-state index is 11.1. The summed E-state index contributed by atoms with van der Waals surface area (Å²) in [6.45, 7) is 1.18. The van der Waals surface area contributed by atoms with E-state index in [1.807, 2.05) is 24.3 Å². The van der Waals surface area contributed by atoms with Crippen LogP contribution in [0.2, 0.25) is 0 Å². The monoisotopic (exact) mass is 286 g/mol. The van der Waals surface area contributed by atoms with E-state index in [0.717, 1.165) is 12.0 Å². The summed E-state index contributed by atoms with van der Waals surface area (Å²) in [5.41, 5.74) is 4.84. The number of carbonyl (C=O) groups is 1. The molecule has 0 saturated carbocycles. The Balaban J connectivity index is 0.000000361. The molecule has 3 rings (SSSR count). The van der Waals surface area contributed by atoms with E-state index >= 15 is 0 Å². The van der Waals surface area contributed by atoms with Crippen molar-refractivity contribution in [1.29, 1.82) is 0 Å². The number of rotatable bonds is 2. The third-order valence-corrected chi connectivity index (χ3v) is 3.16.